The maximum Gasteiger partial charge on any atom is 0.263 e. The number of hydrogen-bond donors (Lipinski definition) is 0. The molecule has 1 unspecified atom stereocenters. The summed E-state index contributed by atoms with van der Waals surface area (Å²) in [6, 6.07) is 3.33. The first-order chi connectivity index (χ1) is 12.5. The van der Waals surface area contributed by atoms with E-state index in [2.05, 4.69) is 5.10 Å². The molecule has 26 heavy (non-hydrogen) atoms. The zero-order chi connectivity index (χ0) is 18.3. The zero-order valence-electron chi connectivity index (χ0n) is 15.2. The van der Waals surface area contributed by atoms with Crippen molar-refractivity contribution in [2.24, 2.45) is 20.0 Å². The largest absolute Gasteiger partial charge is 0.380 e. The van der Waals surface area contributed by atoms with E-state index in [9.17, 15) is 9.59 Å². The highest BCUT2D eigenvalue weighted by molar-refractivity contribution is 5.94. The summed E-state index contributed by atoms with van der Waals surface area (Å²) in [6.45, 7) is 2.33. The highest BCUT2D eigenvalue weighted by Gasteiger charge is 2.32. The average Bonchev–Trinajstić information content (AvgIpc) is 3.36. The maximum atomic E-state index is 13.0. The minimum absolute atomic E-state index is 0.0372. The van der Waals surface area contributed by atoms with Gasteiger partial charge in [0.25, 0.3) is 11.5 Å². The van der Waals surface area contributed by atoms with Gasteiger partial charge in [0.05, 0.1) is 12.3 Å². The summed E-state index contributed by atoms with van der Waals surface area (Å²) in [6.07, 6.45) is 6.11. The van der Waals surface area contributed by atoms with Gasteiger partial charge in [-0.2, -0.15) is 5.10 Å². The second kappa shape index (κ2) is 6.72. The van der Waals surface area contributed by atoms with Crippen LogP contribution in [-0.4, -0.2) is 44.9 Å². The van der Waals surface area contributed by atoms with Crippen LogP contribution in [0.1, 0.15) is 40.4 Å². The highest BCUT2D eigenvalue weighted by Crippen LogP contribution is 2.31. The van der Waals surface area contributed by atoms with Gasteiger partial charge in [-0.05, 0) is 30.9 Å². The van der Waals surface area contributed by atoms with Crippen LogP contribution in [0.4, 0.5) is 0 Å². The highest BCUT2D eigenvalue weighted by atomic mass is 16.5. The maximum absolute atomic E-state index is 13.0. The van der Waals surface area contributed by atoms with E-state index < -0.39 is 0 Å². The van der Waals surface area contributed by atoms with Gasteiger partial charge in [0.15, 0.2) is 0 Å². The van der Waals surface area contributed by atoms with E-state index in [4.69, 9.17) is 4.74 Å². The standard InChI is InChI=1S/C19H24N4O3/c1-21-7-3-4-16(18(21)24)19(25)23-9-14-8-22(2)20-17(14)15(10-23)12-26-11-13-5-6-13/h3-4,7-8,13,15H,5-6,9-12H2,1-2H3. The van der Waals surface area contributed by atoms with Crippen molar-refractivity contribution >= 4 is 5.91 Å². The van der Waals surface area contributed by atoms with Crippen molar-refractivity contribution in [1.82, 2.24) is 19.2 Å². The first-order valence-electron chi connectivity index (χ1n) is 9.08. The molecule has 0 aromatic carbocycles. The SMILES string of the molecule is Cn1cc2c(n1)C(COCC1CC1)CN(C(=O)c1cccn(C)c1=O)C2. The van der Waals surface area contributed by atoms with Gasteiger partial charge in [0.1, 0.15) is 5.56 Å². The molecule has 2 aliphatic rings. The Balaban J connectivity index is 1.56. The van der Waals surface area contributed by atoms with Crippen molar-refractivity contribution in [2.45, 2.75) is 25.3 Å². The molecule has 1 fully saturated rings. The van der Waals surface area contributed by atoms with E-state index in [1.807, 2.05) is 13.2 Å². The zero-order valence-corrected chi connectivity index (χ0v) is 15.2. The van der Waals surface area contributed by atoms with Gasteiger partial charge in [-0.1, -0.05) is 0 Å². The molecule has 0 saturated heterocycles. The van der Waals surface area contributed by atoms with Crippen molar-refractivity contribution in [3.05, 3.63) is 51.7 Å². The molecule has 2 aromatic rings. The molecule has 1 saturated carbocycles. The number of rotatable bonds is 5. The monoisotopic (exact) mass is 356 g/mol. The van der Waals surface area contributed by atoms with Crippen LogP contribution in [0.25, 0.3) is 0 Å². The fraction of sp³-hybridized carbons (Fsp3) is 0.526. The second-order valence-corrected chi connectivity index (χ2v) is 7.41. The fourth-order valence-electron chi connectivity index (χ4n) is 3.52. The first kappa shape index (κ1) is 17.0. The minimum atomic E-state index is -0.268. The van der Waals surface area contributed by atoms with Crippen LogP contribution >= 0.6 is 0 Å². The van der Waals surface area contributed by atoms with Crippen molar-refractivity contribution in [3.63, 3.8) is 0 Å². The number of carbonyl (C=O) groups excluding carboxylic acids is 1. The molecule has 1 amide bonds. The molecule has 0 radical (unpaired) electrons. The van der Waals surface area contributed by atoms with Crippen LogP contribution in [0.2, 0.25) is 0 Å². The predicted octanol–water partition coefficient (Wildman–Crippen LogP) is 1.28. The molecule has 0 N–H and O–H groups in total. The molecule has 7 nitrogen and oxygen atoms in total. The number of fused-ring (bicyclic) bond motifs is 1. The van der Waals surface area contributed by atoms with Crippen molar-refractivity contribution in [3.8, 4) is 0 Å². The van der Waals surface area contributed by atoms with Crippen LogP contribution < -0.4 is 5.56 Å². The summed E-state index contributed by atoms with van der Waals surface area (Å²) in [5.74, 6) is 0.509. The summed E-state index contributed by atoms with van der Waals surface area (Å²) in [5, 5.41) is 4.58. The third kappa shape index (κ3) is 3.31. The minimum Gasteiger partial charge on any atom is -0.380 e. The molecular formula is C19H24N4O3. The van der Waals surface area contributed by atoms with Gasteiger partial charge < -0.3 is 14.2 Å². The Morgan fingerprint density at radius 3 is 2.88 bits per heavy atom. The lowest BCUT2D eigenvalue weighted by molar-refractivity contribution is 0.0623. The number of aryl methyl sites for hydroxylation is 2. The Bertz CT molecular complexity index is 881. The van der Waals surface area contributed by atoms with Crippen molar-refractivity contribution in [2.75, 3.05) is 19.8 Å². The van der Waals surface area contributed by atoms with Crippen LogP contribution in [0.5, 0.6) is 0 Å². The summed E-state index contributed by atoms with van der Waals surface area (Å²) in [7, 11) is 3.54. The average molecular weight is 356 g/mol. The quantitative estimate of drug-likeness (QED) is 0.809. The van der Waals surface area contributed by atoms with Gasteiger partial charge in [0.2, 0.25) is 0 Å². The second-order valence-electron chi connectivity index (χ2n) is 7.41. The Morgan fingerprint density at radius 2 is 2.12 bits per heavy atom. The number of hydrogen-bond acceptors (Lipinski definition) is 4. The lowest BCUT2D eigenvalue weighted by atomic mass is 9.96. The Labute approximate surface area is 152 Å². The van der Waals surface area contributed by atoms with Crippen LogP contribution in [-0.2, 0) is 25.4 Å². The van der Waals surface area contributed by atoms with E-state index in [0.29, 0.717) is 25.6 Å². The summed E-state index contributed by atoms with van der Waals surface area (Å²) in [4.78, 5) is 27.0. The number of aromatic nitrogens is 3. The molecular weight excluding hydrogens is 332 g/mol. The number of ether oxygens (including phenoxy) is 1. The lowest BCUT2D eigenvalue weighted by Gasteiger charge is -2.32. The Hall–Kier alpha value is -2.41. The first-order valence-corrected chi connectivity index (χ1v) is 9.08. The molecule has 1 aliphatic carbocycles. The predicted molar refractivity (Wildman–Crippen MR) is 95.9 cm³/mol. The number of nitrogens with zero attached hydrogens (tertiary/aromatic N) is 4. The smallest absolute Gasteiger partial charge is 0.263 e. The fourth-order valence-corrected chi connectivity index (χ4v) is 3.52. The van der Waals surface area contributed by atoms with Crippen molar-refractivity contribution in [1.29, 1.82) is 0 Å². The molecule has 4 rings (SSSR count). The van der Waals surface area contributed by atoms with E-state index >= 15 is 0 Å². The van der Waals surface area contributed by atoms with E-state index in [-0.39, 0.29) is 22.9 Å². The third-order valence-corrected chi connectivity index (χ3v) is 5.14. The number of amides is 1. The van der Waals surface area contributed by atoms with Crippen molar-refractivity contribution < 1.29 is 9.53 Å². The Morgan fingerprint density at radius 1 is 1.31 bits per heavy atom. The molecule has 1 aliphatic heterocycles. The van der Waals surface area contributed by atoms with Gasteiger partial charge in [0, 0.05) is 57.7 Å². The van der Waals surface area contributed by atoms with E-state index in [0.717, 1.165) is 17.9 Å². The lowest BCUT2D eigenvalue weighted by Crippen LogP contribution is -2.41. The van der Waals surface area contributed by atoms with Gasteiger partial charge in [-0.3, -0.25) is 14.3 Å². The van der Waals surface area contributed by atoms with Crippen LogP contribution in [0, 0.1) is 5.92 Å². The molecule has 3 heterocycles. The Kier molecular flexibility index (Phi) is 4.40. The van der Waals surface area contributed by atoms with Crippen LogP contribution in [0.15, 0.2) is 29.3 Å². The van der Waals surface area contributed by atoms with E-state index in [1.54, 1.807) is 35.0 Å². The molecule has 0 bridgehead atoms. The van der Waals surface area contributed by atoms with E-state index in [1.165, 1.54) is 17.4 Å². The summed E-state index contributed by atoms with van der Waals surface area (Å²) in [5.41, 5.74) is 1.98. The normalized spacial score (nSPS) is 19.5. The molecule has 0 spiro atoms. The van der Waals surface area contributed by atoms with Gasteiger partial charge in [-0.15, -0.1) is 0 Å². The molecule has 2 aromatic heterocycles. The van der Waals surface area contributed by atoms with Gasteiger partial charge >= 0.3 is 0 Å². The van der Waals surface area contributed by atoms with Gasteiger partial charge in [-0.25, -0.2) is 0 Å². The topological polar surface area (TPSA) is 69.4 Å². The number of pyridine rings is 1. The summed E-state index contributed by atoms with van der Waals surface area (Å²) < 4.78 is 9.11. The summed E-state index contributed by atoms with van der Waals surface area (Å²) >= 11 is 0. The molecule has 138 valence electrons. The van der Waals surface area contributed by atoms with Crippen LogP contribution in [0.3, 0.4) is 0 Å². The molecule has 1 atom stereocenters. The molecule has 7 heteroatoms. The number of carbonyl (C=O) groups is 1. The third-order valence-electron chi connectivity index (χ3n) is 5.14.